The molecule has 1 aliphatic rings. The number of nitrogens with one attached hydrogen (secondary N) is 1. The fourth-order valence-electron chi connectivity index (χ4n) is 2.20. The van der Waals surface area contributed by atoms with Crippen LogP contribution in [0.15, 0.2) is 0 Å². The normalized spacial score (nSPS) is 20.4. The predicted molar refractivity (Wildman–Crippen MR) is 73.6 cm³/mol. The zero-order chi connectivity index (χ0) is 15.1. The van der Waals surface area contributed by atoms with Crippen molar-refractivity contribution in [3.05, 3.63) is 0 Å². The van der Waals surface area contributed by atoms with Gasteiger partial charge < -0.3 is 15.0 Å². The Morgan fingerprint density at radius 3 is 2.75 bits per heavy atom. The molecule has 20 heavy (non-hydrogen) atoms. The Morgan fingerprint density at radius 2 is 2.20 bits per heavy atom. The van der Waals surface area contributed by atoms with Gasteiger partial charge in [0.2, 0.25) is 11.8 Å². The molecule has 0 aromatic rings. The van der Waals surface area contributed by atoms with Crippen molar-refractivity contribution < 1.29 is 14.3 Å². The maximum Gasteiger partial charge on any atom is 0.245 e. The third-order valence-corrected chi connectivity index (χ3v) is 3.18. The van der Waals surface area contributed by atoms with E-state index in [1.54, 1.807) is 0 Å². The summed E-state index contributed by atoms with van der Waals surface area (Å²) >= 11 is 0. The van der Waals surface area contributed by atoms with Gasteiger partial charge in [-0.05, 0) is 20.3 Å². The number of nitrogens with zero attached hydrogens (tertiary/aromatic N) is 2. The predicted octanol–water partition coefficient (Wildman–Crippen LogP) is 0.678. The Bertz CT molecular complexity index is 390. The molecule has 2 atom stereocenters. The average Bonchev–Trinajstić information content (AvgIpc) is 2.43. The molecule has 0 aliphatic carbocycles. The number of rotatable bonds is 5. The molecule has 1 heterocycles. The second-order valence-corrected chi connectivity index (χ2v) is 5.26. The molecule has 1 N–H and O–H groups in total. The van der Waals surface area contributed by atoms with Gasteiger partial charge in [-0.3, -0.25) is 9.59 Å². The average molecular weight is 281 g/mol. The van der Waals surface area contributed by atoms with Crippen LogP contribution in [-0.2, 0) is 14.3 Å². The molecule has 1 fully saturated rings. The Hall–Kier alpha value is -1.61. The standard InChI is InChI=1S/C14H23N3O3/c1-4-5-11(8-15)14(19)17-6-7-20-9-12(17)13(18)16-10(2)3/h10-12H,4-7,9H2,1-3H3,(H,16,18). The minimum absolute atomic E-state index is 0.00350. The number of nitriles is 1. The minimum atomic E-state index is -0.674. The molecule has 0 radical (unpaired) electrons. The van der Waals surface area contributed by atoms with Crippen molar-refractivity contribution in [2.45, 2.75) is 45.7 Å². The lowest BCUT2D eigenvalue weighted by molar-refractivity contribution is -0.150. The topological polar surface area (TPSA) is 82.4 Å². The fraction of sp³-hybridized carbons (Fsp3) is 0.786. The zero-order valence-corrected chi connectivity index (χ0v) is 12.4. The molecule has 1 rings (SSSR count). The molecule has 112 valence electrons. The molecule has 0 aromatic carbocycles. The molecule has 6 heteroatoms. The van der Waals surface area contributed by atoms with Gasteiger partial charge in [0, 0.05) is 12.6 Å². The summed E-state index contributed by atoms with van der Waals surface area (Å²) in [6, 6.07) is 1.41. The summed E-state index contributed by atoms with van der Waals surface area (Å²) in [6.07, 6.45) is 1.28. The summed E-state index contributed by atoms with van der Waals surface area (Å²) in [5, 5.41) is 11.9. The minimum Gasteiger partial charge on any atom is -0.377 e. The van der Waals surface area contributed by atoms with Crippen LogP contribution in [0.25, 0.3) is 0 Å². The van der Waals surface area contributed by atoms with Crippen LogP contribution in [0.3, 0.4) is 0 Å². The van der Waals surface area contributed by atoms with Crippen molar-refractivity contribution >= 4 is 11.8 Å². The lowest BCUT2D eigenvalue weighted by atomic mass is 10.0. The highest BCUT2D eigenvalue weighted by Gasteiger charge is 2.35. The Labute approximate surface area is 120 Å². The van der Waals surface area contributed by atoms with E-state index in [2.05, 4.69) is 5.32 Å². The summed E-state index contributed by atoms with van der Waals surface area (Å²) in [7, 11) is 0. The molecule has 0 spiro atoms. The van der Waals surface area contributed by atoms with E-state index in [1.807, 2.05) is 26.8 Å². The Balaban J connectivity index is 2.80. The summed E-state index contributed by atoms with van der Waals surface area (Å²) in [5.41, 5.74) is 0. The molecular weight excluding hydrogens is 258 g/mol. The van der Waals surface area contributed by atoms with Crippen LogP contribution in [0.4, 0.5) is 0 Å². The second-order valence-electron chi connectivity index (χ2n) is 5.26. The Kier molecular flexibility index (Phi) is 6.46. The molecule has 1 saturated heterocycles. The summed E-state index contributed by atoms with van der Waals surface area (Å²) in [5.74, 6) is -1.16. The van der Waals surface area contributed by atoms with Gasteiger partial charge in [0.25, 0.3) is 0 Å². The monoisotopic (exact) mass is 281 g/mol. The second kappa shape index (κ2) is 7.85. The lowest BCUT2D eigenvalue weighted by Gasteiger charge is -2.36. The van der Waals surface area contributed by atoms with E-state index in [-0.39, 0.29) is 24.5 Å². The molecule has 0 saturated carbocycles. The van der Waals surface area contributed by atoms with Crippen molar-refractivity contribution in [2.24, 2.45) is 5.92 Å². The molecule has 6 nitrogen and oxygen atoms in total. The number of carbonyl (C=O) groups excluding carboxylic acids is 2. The maximum atomic E-state index is 12.4. The Morgan fingerprint density at radius 1 is 1.50 bits per heavy atom. The van der Waals surface area contributed by atoms with Crippen molar-refractivity contribution in [1.29, 1.82) is 5.26 Å². The van der Waals surface area contributed by atoms with Gasteiger partial charge >= 0.3 is 0 Å². The molecule has 2 unspecified atom stereocenters. The SMILES string of the molecule is CCCC(C#N)C(=O)N1CCOCC1C(=O)NC(C)C. The first-order valence-electron chi connectivity index (χ1n) is 7.09. The van der Waals surface area contributed by atoms with Crippen LogP contribution in [0.5, 0.6) is 0 Å². The van der Waals surface area contributed by atoms with Gasteiger partial charge in [-0.1, -0.05) is 13.3 Å². The third kappa shape index (κ3) is 4.20. The molecular formula is C14H23N3O3. The highest BCUT2D eigenvalue weighted by Crippen LogP contribution is 2.15. The highest BCUT2D eigenvalue weighted by atomic mass is 16.5. The van der Waals surface area contributed by atoms with E-state index in [0.717, 1.165) is 6.42 Å². The fourth-order valence-corrected chi connectivity index (χ4v) is 2.20. The van der Waals surface area contributed by atoms with Gasteiger partial charge in [-0.2, -0.15) is 5.26 Å². The van der Waals surface area contributed by atoms with Crippen LogP contribution >= 0.6 is 0 Å². The van der Waals surface area contributed by atoms with E-state index in [4.69, 9.17) is 10.00 Å². The molecule has 0 bridgehead atoms. The quantitative estimate of drug-likeness (QED) is 0.803. The van der Waals surface area contributed by atoms with Crippen LogP contribution in [0.1, 0.15) is 33.6 Å². The van der Waals surface area contributed by atoms with Crippen molar-refractivity contribution in [1.82, 2.24) is 10.2 Å². The number of carbonyl (C=O) groups is 2. The summed E-state index contributed by atoms with van der Waals surface area (Å²) in [6.45, 7) is 6.61. The third-order valence-electron chi connectivity index (χ3n) is 3.18. The first-order valence-corrected chi connectivity index (χ1v) is 7.09. The van der Waals surface area contributed by atoms with Gasteiger partial charge in [0.05, 0.1) is 19.3 Å². The van der Waals surface area contributed by atoms with Gasteiger partial charge in [-0.15, -0.1) is 0 Å². The van der Waals surface area contributed by atoms with Gasteiger partial charge in [0.15, 0.2) is 0 Å². The van der Waals surface area contributed by atoms with Crippen LogP contribution < -0.4 is 5.32 Å². The number of ether oxygens (including phenoxy) is 1. The number of hydrogen-bond donors (Lipinski definition) is 1. The van der Waals surface area contributed by atoms with Crippen molar-refractivity contribution in [2.75, 3.05) is 19.8 Å². The van der Waals surface area contributed by atoms with Crippen LogP contribution in [0, 0.1) is 17.2 Å². The highest BCUT2D eigenvalue weighted by molar-refractivity contribution is 5.89. The van der Waals surface area contributed by atoms with Crippen molar-refractivity contribution in [3.8, 4) is 6.07 Å². The van der Waals surface area contributed by atoms with Crippen LogP contribution in [0.2, 0.25) is 0 Å². The first kappa shape index (κ1) is 16.4. The number of hydrogen-bond acceptors (Lipinski definition) is 4. The first-order chi connectivity index (χ1) is 9.51. The molecule has 0 aromatic heterocycles. The van der Waals surface area contributed by atoms with Crippen molar-refractivity contribution in [3.63, 3.8) is 0 Å². The summed E-state index contributed by atoms with van der Waals surface area (Å²) < 4.78 is 5.30. The largest absolute Gasteiger partial charge is 0.377 e. The van der Waals surface area contributed by atoms with Gasteiger partial charge in [-0.25, -0.2) is 0 Å². The molecule has 1 aliphatic heterocycles. The van der Waals surface area contributed by atoms with E-state index < -0.39 is 12.0 Å². The smallest absolute Gasteiger partial charge is 0.245 e. The lowest BCUT2D eigenvalue weighted by Crippen LogP contribution is -2.57. The van der Waals surface area contributed by atoms with Gasteiger partial charge in [0.1, 0.15) is 12.0 Å². The number of amides is 2. The van der Waals surface area contributed by atoms with E-state index >= 15 is 0 Å². The maximum absolute atomic E-state index is 12.4. The summed E-state index contributed by atoms with van der Waals surface area (Å²) in [4.78, 5) is 26.0. The molecule has 2 amide bonds. The van der Waals surface area contributed by atoms with E-state index in [1.165, 1.54) is 4.90 Å². The van der Waals surface area contributed by atoms with E-state index in [9.17, 15) is 9.59 Å². The number of morpholine rings is 1. The van der Waals surface area contributed by atoms with E-state index in [0.29, 0.717) is 19.6 Å². The zero-order valence-electron chi connectivity index (χ0n) is 12.4. The van der Waals surface area contributed by atoms with Crippen LogP contribution in [-0.4, -0.2) is 48.6 Å².